The molecule has 21 heavy (non-hydrogen) atoms. The molecule has 0 aliphatic rings. The van der Waals surface area contributed by atoms with Crippen molar-refractivity contribution in [3.8, 4) is 22.8 Å². The smallest absolute Gasteiger partial charge is 0.208 e. The number of benzene rings is 1. The molecule has 0 saturated carbocycles. The lowest BCUT2D eigenvalue weighted by atomic mass is 10.1. The van der Waals surface area contributed by atoms with Crippen LogP contribution in [0.4, 0.5) is 0 Å². The minimum absolute atomic E-state index is 0.560. The maximum absolute atomic E-state index is 5.72. The van der Waals surface area contributed by atoms with Gasteiger partial charge in [-0.2, -0.15) is 0 Å². The Morgan fingerprint density at radius 1 is 1.10 bits per heavy atom. The molecule has 0 saturated heterocycles. The Kier molecular flexibility index (Phi) is 5.59. The minimum atomic E-state index is 0.560. The van der Waals surface area contributed by atoms with E-state index in [0.29, 0.717) is 36.3 Å². The summed E-state index contributed by atoms with van der Waals surface area (Å²) in [6.45, 7) is 1.96. The van der Waals surface area contributed by atoms with Crippen LogP contribution in [0.3, 0.4) is 0 Å². The zero-order valence-corrected chi connectivity index (χ0v) is 12.5. The van der Waals surface area contributed by atoms with Crippen molar-refractivity contribution in [3.63, 3.8) is 0 Å². The summed E-state index contributed by atoms with van der Waals surface area (Å²) in [5.41, 5.74) is 0.863. The predicted molar refractivity (Wildman–Crippen MR) is 78.6 cm³/mol. The number of nitrogens with one attached hydrogen (secondary N) is 1. The zero-order valence-electron chi connectivity index (χ0n) is 12.5. The van der Waals surface area contributed by atoms with Crippen molar-refractivity contribution < 1.29 is 18.6 Å². The average molecular weight is 292 g/mol. The quantitative estimate of drug-likeness (QED) is 0.752. The monoisotopic (exact) mass is 292 g/mol. The van der Waals surface area contributed by atoms with E-state index in [4.69, 9.17) is 18.6 Å². The summed E-state index contributed by atoms with van der Waals surface area (Å²) in [6.07, 6.45) is 1.70. The second-order valence-electron chi connectivity index (χ2n) is 4.39. The molecule has 1 N–H and O–H groups in total. The Labute approximate surface area is 124 Å². The van der Waals surface area contributed by atoms with E-state index < -0.39 is 0 Å². The molecule has 1 aromatic heterocycles. The summed E-state index contributed by atoms with van der Waals surface area (Å²) in [5, 5.41) is 3.18. The highest BCUT2D eigenvalue weighted by atomic mass is 16.5. The fourth-order valence-electron chi connectivity index (χ4n) is 1.84. The van der Waals surface area contributed by atoms with Crippen LogP contribution in [0.5, 0.6) is 11.5 Å². The highest BCUT2D eigenvalue weighted by Crippen LogP contribution is 2.30. The topological polar surface area (TPSA) is 65.8 Å². The van der Waals surface area contributed by atoms with Crippen molar-refractivity contribution in [3.05, 3.63) is 30.3 Å². The van der Waals surface area contributed by atoms with Gasteiger partial charge < -0.3 is 23.9 Å². The summed E-state index contributed by atoms with van der Waals surface area (Å²) in [7, 11) is 4.90. The maximum atomic E-state index is 5.72. The third-order valence-electron chi connectivity index (χ3n) is 2.95. The van der Waals surface area contributed by atoms with Crippen molar-refractivity contribution in [1.29, 1.82) is 0 Å². The molecule has 114 valence electrons. The summed E-state index contributed by atoms with van der Waals surface area (Å²) >= 11 is 0. The fourth-order valence-corrected chi connectivity index (χ4v) is 1.84. The van der Waals surface area contributed by atoms with Crippen LogP contribution in [0, 0.1) is 0 Å². The summed E-state index contributed by atoms with van der Waals surface area (Å²) < 4.78 is 21.2. The Morgan fingerprint density at radius 3 is 2.43 bits per heavy atom. The lowest BCUT2D eigenvalue weighted by Crippen LogP contribution is -2.18. The van der Waals surface area contributed by atoms with E-state index in [2.05, 4.69) is 10.3 Å². The van der Waals surface area contributed by atoms with E-state index in [1.807, 2.05) is 18.2 Å². The van der Waals surface area contributed by atoms with Gasteiger partial charge in [-0.3, -0.25) is 0 Å². The number of hydrogen-bond donors (Lipinski definition) is 1. The first-order valence-corrected chi connectivity index (χ1v) is 6.64. The van der Waals surface area contributed by atoms with Crippen LogP contribution < -0.4 is 14.8 Å². The van der Waals surface area contributed by atoms with E-state index in [-0.39, 0.29) is 0 Å². The average Bonchev–Trinajstić information content (AvgIpc) is 3.00. The van der Waals surface area contributed by atoms with Crippen LogP contribution in [0.15, 0.2) is 28.8 Å². The number of hydrogen-bond acceptors (Lipinski definition) is 6. The van der Waals surface area contributed by atoms with Gasteiger partial charge in [0.25, 0.3) is 0 Å². The molecule has 0 aliphatic heterocycles. The van der Waals surface area contributed by atoms with E-state index in [1.54, 1.807) is 27.5 Å². The van der Waals surface area contributed by atoms with E-state index in [1.165, 1.54) is 0 Å². The standard InChI is InChI=1S/C15H20N2O4/c1-18-5-4-16-10-15-17-9-14(21-15)11-6-12(19-2)8-13(7-11)20-3/h6-9,16H,4-5,10H2,1-3H3. The zero-order chi connectivity index (χ0) is 15.1. The molecule has 1 heterocycles. The first kappa shape index (κ1) is 15.3. The van der Waals surface area contributed by atoms with Crippen LogP contribution in [0.1, 0.15) is 5.89 Å². The third-order valence-corrected chi connectivity index (χ3v) is 2.95. The van der Waals surface area contributed by atoms with Crippen LogP contribution in [-0.4, -0.2) is 39.5 Å². The Hall–Kier alpha value is -2.05. The predicted octanol–water partition coefficient (Wildman–Crippen LogP) is 2.09. The molecule has 2 rings (SSSR count). The van der Waals surface area contributed by atoms with Crippen molar-refractivity contribution in [1.82, 2.24) is 10.3 Å². The lowest BCUT2D eigenvalue weighted by Gasteiger charge is -2.06. The molecule has 0 amide bonds. The highest BCUT2D eigenvalue weighted by molar-refractivity contribution is 5.61. The number of nitrogens with zero attached hydrogens (tertiary/aromatic N) is 1. The molecule has 0 radical (unpaired) electrons. The molecule has 6 nitrogen and oxygen atoms in total. The number of ether oxygens (including phenoxy) is 3. The molecule has 0 spiro atoms. The van der Waals surface area contributed by atoms with Crippen LogP contribution in [0.2, 0.25) is 0 Å². The van der Waals surface area contributed by atoms with Crippen LogP contribution >= 0.6 is 0 Å². The summed E-state index contributed by atoms with van der Waals surface area (Å²) in [4.78, 5) is 4.25. The first-order valence-electron chi connectivity index (χ1n) is 6.64. The second kappa shape index (κ2) is 7.66. The minimum Gasteiger partial charge on any atom is -0.497 e. The van der Waals surface area contributed by atoms with Gasteiger partial charge in [0.2, 0.25) is 5.89 Å². The van der Waals surface area contributed by atoms with Gasteiger partial charge in [0.1, 0.15) is 11.5 Å². The molecule has 0 fully saturated rings. The largest absolute Gasteiger partial charge is 0.497 e. The van der Waals surface area contributed by atoms with E-state index in [0.717, 1.165) is 12.1 Å². The van der Waals surface area contributed by atoms with E-state index >= 15 is 0 Å². The lowest BCUT2D eigenvalue weighted by molar-refractivity contribution is 0.198. The molecule has 1 aromatic carbocycles. The van der Waals surface area contributed by atoms with Gasteiger partial charge in [-0.1, -0.05) is 0 Å². The maximum Gasteiger partial charge on any atom is 0.208 e. The first-order chi connectivity index (χ1) is 10.3. The fraction of sp³-hybridized carbons (Fsp3) is 0.400. The molecule has 0 unspecified atom stereocenters. The molecular weight excluding hydrogens is 272 g/mol. The van der Waals surface area contributed by atoms with Gasteiger partial charge in [-0.05, 0) is 12.1 Å². The van der Waals surface area contributed by atoms with Crippen molar-refractivity contribution in [2.45, 2.75) is 6.54 Å². The van der Waals surface area contributed by atoms with Crippen molar-refractivity contribution in [2.75, 3.05) is 34.5 Å². The molecule has 2 aromatic rings. The summed E-state index contributed by atoms with van der Waals surface area (Å²) in [6, 6.07) is 5.57. The number of methoxy groups -OCH3 is 3. The van der Waals surface area contributed by atoms with Gasteiger partial charge in [-0.25, -0.2) is 4.98 Å². The van der Waals surface area contributed by atoms with Gasteiger partial charge >= 0.3 is 0 Å². The molecule has 0 atom stereocenters. The van der Waals surface area contributed by atoms with Crippen molar-refractivity contribution >= 4 is 0 Å². The van der Waals surface area contributed by atoms with Gasteiger partial charge in [-0.15, -0.1) is 0 Å². The van der Waals surface area contributed by atoms with Crippen molar-refractivity contribution in [2.24, 2.45) is 0 Å². The highest BCUT2D eigenvalue weighted by Gasteiger charge is 2.09. The Bertz CT molecular complexity index is 546. The Balaban J connectivity index is 2.09. The van der Waals surface area contributed by atoms with Crippen LogP contribution in [0.25, 0.3) is 11.3 Å². The Morgan fingerprint density at radius 2 is 1.81 bits per heavy atom. The normalized spacial score (nSPS) is 10.6. The third kappa shape index (κ3) is 4.21. The number of rotatable bonds is 8. The van der Waals surface area contributed by atoms with E-state index in [9.17, 15) is 0 Å². The molecule has 0 bridgehead atoms. The van der Waals surface area contributed by atoms with Gasteiger partial charge in [0.15, 0.2) is 5.76 Å². The van der Waals surface area contributed by atoms with Crippen LogP contribution in [-0.2, 0) is 11.3 Å². The number of aromatic nitrogens is 1. The van der Waals surface area contributed by atoms with Gasteiger partial charge in [0.05, 0.1) is 33.6 Å². The SMILES string of the molecule is COCCNCc1ncc(-c2cc(OC)cc(OC)c2)o1. The second-order valence-corrected chi connectivity index (χ2v) is 4.39. The number of oxazole rings is 1. The molecule has 6 heteroatoms. The summed E-state index contributed by atoms with van der Waals surface area (Å²) in [5.74, 6) is 2.72. The molecular formula is C15H20N2O4. The van der Waals surface area contributed by atoms with Gasteiger partial charge in [0, 0.05) is 25.3 Å². The molecule has 0 aliphatic carbocycles.